The molecule has 0 aliphatic carbocycles. The Labute approximate surface area is 137 Å². The van der Waals surface area contributed by atoms with E-state index in [0.717, 1.165) is 44.8 Å². The highest BCUT2D eigenvalue weighted by Gasteiger charge is 2.11. The number of hydrogen-bond acceptors (Lipinski definition) is 3. The first-order valence-corrected chi connectivity index (χ1v) is 8.49. The molecule has 0 spiro atoms. The number of urea groups is 1. The van der Waals surface area contributed by atoms with E-state index in [1.807, 2.05) is 12.1 Å². The zero-order chi connectivity index (χ0) is 15.9. The van der Waals surface area contributed by atoms with Crippen molar-refractivity contribution in [3.05, 3.63) is 36.0 Å². The van der Waals surface area contributed by atoms with Crippen molar-refractivity contribution in [1.82, 2.24) is 5.32 Å². The minimum Gasteiger partial charge on any atom is -0.381 e. The van der Waals surface area contributed by atoms with Crippen LogP contribution in [0.1, 0.15) is 32.1 Å². The molecular formula is C18H25N3O2. The second kappa shape index (κ2) is 8.02. The molecular weight excluding hydrogens is 290 g/mol. The maximum absolute atomic E-state index is 11.9. The Bertz CT molecular complexity index is 540. The van der Waals surface area contributed by atoms with Gasteiger partial charge in [-0.1, -0.05) is 0 Å². The third kappa shape index (κ3) is 4.73. The van der Waals surface area contributed by atoms with Gasteiger partial charge in [0, 0.05) is 30.7 Å². The molecule has 0 atom stereocenters. The van der Waals surface area contributed by atoms with Gasteiger partial charge in [0.2, 0.25) is 0 Å². The topological polar surface area (TPSA) is 53.6 Å². The van der Waals surface area contributed by atoms with Crippen molar-refractivity contribution in [2.75, 3.05) is 36.5 Å². The highest BCUT2D eigenvalue weighted by molar-refractivity contribution is 5.90. The van der Waals surface area contributed by atoms with Crippen molar-refractivity contribution in [2.45, 2.75) is 32.1 Å². The Morgan fingerprint density at radius 1 is 1.04 bits per heavy atom. The lowest BCUT2D eigenvalue weighted by Crippen LogP contribution is -2.29. The Morgan fingerprint density at radius 3 is 2.43 bits per heavy atom. The van der Waals surface area contributed by atoms with Crippen LogP contribution in [0.2, 0.25) is 0 Å². The normalized spacial score (nSPS) is 18.4. The highest BCUT2D eigenvalue weighted by Crippen LogP contribution is 2.21. The average Bonchev–Trinajstić information content (AvgIpc) is 2.62. The largest absolute Gasteiger partial charge is 0.381 e. The van der Waals surface area contributed by atoms with Gasteiger partial charge in [0.15, 0.2) is 0 Å². The van der Waals surface area contributed by atoms with Crippen molar-refractivity contribution in [3.63, 3.8) is 0 Å². The lowest BCUT2D eigenvalue weighted by molar-refractivity contribution is 0.119. The monoisotopic (exact) mass is 315 g/mol. The number of anilines is 2. The Kier molecular flexibility index (Phi) is 5.53. The molecule has 124 valence electrons. The van der Waals surface area contributed by atoms with E-state index in [2.05, 4.69) is 27.7 Å². The molecule has 2 saturated heterocycles. The summed E-state index contributed by atoms with van der Waals surface area (Å²) in [4.78, 5) is 14.3. The zero-order valence-corrected chi connectivity index (χ0v) is 13.5. The van der Waals surface area contributed by atoms with Gasteiger partial charge < -0.3 is 20.3 Å². The molecule has 2 fully saturated rings. The first kappa shape index (κ1) is 15.9. The molecule has 2 heterocycles. The first-order chi connectivity index (χ1) is 11.3. The van der Waals surface area contributed by atoms with Crippen LogP contribution in [0, 0.1) is 0 Å². The third-order valence-electron chi connectivity index (χ3n) is 4.39. The fraction of sp³-hybridized carbons (Fsp3) is 0.500. The number of nitrogens with one attached hydrogen (secondary N) is 2. The van der Waals surface area contributed by atoms with Gasteiger partial charge in [-0.25, -0.2) is 4.79 Å². The summed E-state index contributed by atoms with van der Waals surface area (Å²) in [6, 6.07) is 7.89. The first-order valence-electron chi connectivity index (χ1n) is 8.49. The number of rotatable bonds is 3. The van der Waals surface area contributed by atoms with E-state index < -0.39 is 0 Å². The number of carbonyl (C=O) groups is 1. The number of carbonyl (C=O) groups excluding carboxylic acids is 1. The van der Waals surface area contributed by atoms with Crippen molar-refractivity contribution < 1.29 is 9.53 Å². The van der Waals surface area contributed by atoms with Crippen LogP contribution in [0.5, 0.6) is 0 Å². The van der Waals surface area contributed by atoms with Gasteiger partial charge >= 0.3 is 6.03 Å². The lowest BCUT2D eigenvalue weighted by atomic mass is 10.1. The molecule has 0 saturated carbocycles. The number of hydrogen-bond donors (Lipinski definition) is 2. The predicted octanol–water partition coefficient (Wildman–Crippen LogP) is 3.49. The van der Waals surface area contributed by atoms with Crippen LogP contribution in [0.3, 0.4) is 0 Å². The quantitative estimate of drug-likeness (QED) is 0.897. The van der Waals surface area contributed by atoms with E-state index in [4.69, 9.17) is 4.74 Å². The van der Waals surface area contributed by atoms with Gasteiger partial charge in [0.25, 0.3) is 0 Å². The number of piperidine rings is 1. The van der Waals surface area contributed by atoms with Crippen LogP contribution in [0.15, 0.2) is 36.0 Å². The van der Waals surface area contributed by atoms with E-state index in [1.165, 1.54) is 30.5 Å². The third-order valence-corrected chi connectivity index (χ3v) is 4.39. The molecule has 0 unspecified atom stereocenters. The van der Waals surface area contributed by atoms with E-state index in [0.29, 0.717) is 0 Å². The summed E-state index contributed by atoms with van der Waals surface area (Å²) in [7, 11) is 0. The maximum Gasteiger partial charge on any atom is 0.323 e. The van der Waals surface area contributed by atoms with E-state index in [1.54, 1.807) is 6.20 Å². The summed E-state index contributed by atoms with van der Waals surface area (Å²) in [6.45, 7) is 3.75. The molecule has 0 bridgehead atoms. The summed E-state index contributed by atoms with van der Waals surface area (Å²) in [6.07, 6.45) is 7.46. The molecule has 23 heavy (non-hydrogen) atoms. The fourth-order valence-corrected chi connectivity index (χ4v) is 3.02. The molecule has 1 aromatic rings. The van der Waals surface area contributed by atoms with Gasteiger partial charge in [-0.05, 0) is 61.9 Å². The maximum atomic E-state index is 11.9. The van der Waals surface area contributed by atoms with Crippen LogP contribution in [0.25, 0.3) is 0 Å². The Hall–Kier alpha value is -2.01. The molecule has 2 aliphatic heterocycles. The van der Waals surface area contributed by atoms with Gasteiger partial charge in [-0.3, -0.25) is 0 Å². The van der Waals surface area contributed by atoms with Crippen molar-refractivity contribution in [2.24, 2.45) is 0 Å². The minimum atomic E-state index is -0.199. The van der Waals surface area contributed by atoms with Crippen molar-refractivity contribution in [1.29, 1.82) is 0 Å². The molecule has 5 nitrogen and oxygen atoms in total. The second-order valence-electron chi connectivity index (χ2n) is 6.11. The molecule has 2 aliphatic rings. The average molecular weight is 315 g/mol. The number of ether oxygens (including phenoxy) is 1. The molecule has 3 rings (SSSR count). The predicted molar refractivity (Wildman–Crippen MR) is 92.8 cm³/mol. The summed E-state index contributed by atoms with van der Waals surface area (Å²) >= 11 is 0. The molecule has 5 heteroatoms. The van der Waals surface area contributed by atoms with E-state index in [9.17, 15) is 4.79 Å². The van der Waals surface area contributed by atoms with Crippen LogP contribution < -0.4 is 15.5 Å². The molecule has 0 radical (unpaired) electrons. The van der Waals surface area contributed by atoms with Crippen molar-refractivity contribution >= 4 is 17.4 Å². The fourth-order valence-electron chi connectivity index (χ4n) is 3.02. The smallest absolute Gasteiger partial charge is 0.323 e. The van der Waals surface area contributed by atoms with Gasteiger partial charge in [0.05, 0.1) is 13.2 Å². The van der Waals surface area contributed by atoms with Crippen LogP contribution in [0.4, 0.5) is 16.2 Å². The van der Waals surface area contributed by atoms with Crippen molar-refractivity contribution in [3.8, 4) is 0 Å². The Balaban J connectivity index is 1.50. The van der Waals surface area contributed by atoms with Crippen LogP contribution >= 0.6 is 0 Å². The summed E-state index contributed by atoms with van der Waals surface area (Å²) in [5, 5.41) is 5.67. The molecule has 2 amide bonds. The van der Waals surface area contributed by atoms with Gasteiger partial charge in [0.1, 0.15) is 0 Å². The molecule has 1 aromatic carbocycles. The number of nitrogens with zero attached hydrogens (tertiary/aromatic N) is 1. The second-order valence-corrected chi connectivity index (χ2v) is 6.11. The summed E-state index contributed by atoms with van der Waals surface area (Å²) in [5.41, 5.74) is 3.28. The zero-order valence-electron chi connectivity index (χ0n) is 13.5. The van der Waals surface area contributed by atoms with Crippen LogP contribution in [-0.4, -0.2) is 32.3 Å². The minimum absolute atomic E-state index is 0.199. The number of benzene rings is 1. The summed E-state index contributed by atoms with van der Waals surface area (Å²) < 4.78 is 5.29. The van der Waals surface area contributed by atoms with Gasteiger partial charge in [-0.2, -0.15) is 0 Å². The lowest BCUT2D eigenvalue weighted by Gasteiger charge is -2.28. The van der Waals surface area contributed by atoms with Gasteiger partial charge in [-0.15, -0.1) is 0 Å². The SMILES string of the molecule is O=C(NC=C1CCOCC1)Nc1ccc(N2CCCCC2)cc1. The van der Waals surface area contributed by atoms with E-state index >= 15 is 0 Å². The summed E-state index contributed by atoms with van der Waals surface area (Å²) in [5.74, 6) is 0. The molecule has 2 N–H and O–H groups in total. The highest BCUT2D eigenvalue weighted by atomic mass is 16.5. The van der Waals surface area contributed by atoms with E-state index in [-0.39, 0.29) is 6.03 Å². The molecule has 0 aromatic heterocycles. The standard InChI is InChI=1S/C18H25N3O2/c22-18(19-14-15-8-12-23-13-9-15)20-16-4-6-17(7-5-16)21-10-2-1-3-11-21/h4-7,14H,1-3,8-13H2,(H2,19,20,22). The Morgan fingerprint density at radius 2 is 1.74 bits per heavy atom. The number of amides is 2. The van der Waals surface area contributed by atoms with Crippen LogP contribution in [-0.2, 0) is 4.74 Å².